The van der Waals surface area contributed by atoms with Gasteiger partial charge in [0, 0.05) is 0 Å². The molecule has 0 radical (unpaired) electrons. The van der Waals surface area contributed by atoms with Gasteiger partial charge in [0.05, 0.1) is 0 Å². The quantitative estimate of drug-likeness (QED) is 0.400. The first-order valence-corrected chi connectivity index (χ1v) is 6.87. The standard InChI is InChI=1S/C17H24O2/c1-3-5-6-7-8-9-10-14-17(19)15-12-11-13-16(18)4-2/h4,10,14,16-19H,2-3,5-9H2,1H3/b14-10+/t16-,17-/m0/s1. The van der Waals surface area contributed by atoms with Crippen molar-refractivity contribution in [2.24, 2.45) is 0 Å². The van der Waals surface area contributed by atoms with Crippen molar-refractivity contribution in [3.05, 3.63) is 24.8 Å². The highest BCUT2D eigenvalue weighted by molar-refractivity contribution is 5.31. The van der Waals surface area contributed by atoms with Crippen LogP contribution < -0.4 is 0 Å². The third-order valence-corrected chi connectivity index (χ3v) is 2.52. The molecule has 0 amide bonds. The number of unbranched alkanes of at least 4 members (excludes halogenated alkanes) is 5. The molecule has 0 spiro atoms. The van der Waals surface area contributed by atoms with Crippen molar-refractivity contribution in [1.29, 1.82) is 0 Å². The second kappa shape index (κ2) is 13.0. The van der Waals surface area contributed by atoms with Gasteiger partial charge in [0.15, 0.2) is 0 Å². The molecule has 0 fully saturated rings. The molecule has 0 aromatic rings. The van der Waals surface area contributed by atoms with Crippen LogP contribution in [0.25, 0.3) is 0 Å². The highest BCUT2D eigenvalue weighted by Crippen LogP contribution is 2.05. The fraction of sp³-hybridized carbons (Fsp3) is 0.529. The summed E-state index contributed by atoms with van der Waals surface area (Å²) in [5, 5.41) is 18.6. The zero-order valence-corrected chi connectivity index (χ0v) is 11.7. The van der Waals surface area contributed by atoms with E-state index in [-0.39, 0.29) is 0 Å². The van der Waals surface area contributed by atoms with E-state index in [9.17, 15) is 5.11 Å². The summed E-state index contributed by atoms with van der Waals surface area (Å²) in [5.74, 6) is 10.00. The molecule has 0 aliphatic carbocycles. The molecule has 2 N–H and O–H groups in total. The molecule has 2 atom stereocenters. The summed E-state index contributed by atoms with van der Waals surface area (Å²) in [6, 6.07) is 0. The van der Waals surface area contributed by atoms with Crippen LogP contribution in [0.4, 0.5) is 0 Å². The molecule has 0 rings (SSSR count). The second-order valence-electron chi connectivity index (χ2n) is 4.30. The first kappa shape index (κ1) is 17.5. The maximum Gasteiger partial charge on any atom is 0.134 e. The summed E-state index contributed by atoms with van der Waals surface area (Å²) in [4.78, 5) is 0. The van der Waals surface area contributed by atoms with Crippen LogP contribution in [0.2, 0.25) is 0 Å². The van der Waals surface area contributed by atoms with Crippen molar-refractivity contribution in [3.63, 3.8) is 0 Å². The van der Waals surface area contributed by atoms with Crippen LogP contribution in [0.5, 0.6) is 0 Å². The predicted octanol–water partition coefficient (Wildman–Crippen LogP) is 2.82. The molecule has 0 aromatic carbocycles. The van der Waals surface area contributed by atoms with Gasteiger partial charge in [-0.2, -0.15) is 0 Å². The van der Waals surface area contributed by atoms with E-state index in [4.69, 9.17) is 5.11 Å². The Morgan fingerprint density at radius 3 is 2.26 bits per heavy atom. The second-order valence-corrected chi connectivity index (χ2v) is 4.30. The molecule has 0 aliphatic rings. The SMILES string of the molecule is C=C[C@H](O)C#CC#C[C@@H](O)/C=C/CCCCCCC. The normalized spacial score (nSPS) is 13.0. The fourth-order valence-electron chi connectivity index (χ4n) is 1.42. The minimum absolute atomic E-state index is 0.786. The molecule has 0 saturated carbocycles. The van der Waals surface area contributed by atoms with E-state index < -0.39 is 12.2 Å². The smallest absolute Gasteiger partial charge is 0.134 e. The minimum atomic E-state index is -0.856. The lowest BCUT2D eigenvalue weighted by molar-refractivity contribution is 0.280. The first-order valence-electron chi connectivity index (χ1n) is 6.87. The van der Waals surface area contributed by atoms with Gasteiger partial charge in [0.2, 0.25) is 0 Å². The van der Waals surface area contributed by atoms with E-state index in [0.717, 1.165) is 12.8 Å². The molecule has 0 saturated heterocycles. The lowest BCUT2D eigenvalue weighted by atomic mass is 10.1. The lowest BCUT2D eigenvalue weighted by Crippen LogP contribution is -1.97. The number of aliphatic hydroxyl groups is 2. The van der Waals surface area contributed by atoms with Crippen LogP contribution in [0.3, 0.4) is 0 Å². The minimum Gasteiger partial charge on any atom is -0.377 e. The third kappa shape index (κ3) is 12.8. The van der Waals surface area contributed by atoms with E-state index in [1.54, 1.807) is 6.08 Å². The molecule has 2 heteroatoms. The van der Waals surface area contributed by atoms with E-state index in [2.05, 4.69) is 37.2 Å². The molecule has 2 nitrogen and oxygen atoms in total. The van der Waals surface area contributed by atoms with Gasteiger partial charge in [-0.15, -0.1) is 0 Å². The topological polar surface area (TPSA) is 40.5 Å². The fourth-order valence-corrected chi connectivity index (χ4v) is 1.42. The largest absolute Gasteiger partial charge is 0.377 e. The van der Waals surface area contributed by atoms with Crippen LogP contribution in [-0.4, -0.2) is 22.4 Å². The molecular formula is C17H24O2. The Morgan fingerprint density at radius 1 is 1.00 bits per heavy atom. The van der Waals surface area contributed by atoms with E-state index in [0.29, 0.717) is 0 Å². The Balaban J connectivity index is 3.78. The van der Waals surface area contributed by atoms with E-state index in [1.807, 2.05) is 6.08 Å². The van der Waals surface area contributed by atoms with Crippen LogP contribution >= 0.6 is 0 Å². The Bertz CT molecular complexity index is 374. The summed E-state index contributed by atoms with van der Waals surface area (Å²) in [7, 11) is 0. The van der Waals surface area contributed by atoms with Gasteiger partial charge in [-0.1, -0.05) is 63.2 Å². The lowest BCUT2D eigenvalue weighted by Gasteiger charge is -1.97. The van der Waals surface area contributed by atoms with Crippen molar-refractivity contribution in [3.8, 4) is 23.7 Å². The average Bonchev–Trinajstić information content (AvgIpc) is 2.42. The van der Waals surface area contributed by atoms with Gasteiger partial charge in [-0.25, -0.2) is 0 Å². The van der Waals surface area contributed by atoms with Crippen molar-refractivity contribution < 1.29 is 10.2 Å². The Hall–Kier alpha value is -1.48. The third-order valence-electron chi connectivity index (χ3n) is 2.52. The van der Waals surface area contributed by atoms with E-state index in [1.165, 1.54) is 31.8 Å². The first-order chi connectivity index (χ1) is 9.20. The van der Waals surface area contributed by atoms with Crippen molar-refractivity contribution in [2.45, 2.75) is 57.7 Å². The molecule has 104 valence electrons. The van der Waals surface area contributed by atoms with Gasteiger partial charge in [0.1, 0.15) is 12.2 Å². The monoisotopic (exact) mass is 260 g/mol. The number of allylic oxidation sites excluding steroid dienone is 1. The highest BCUT2D eigenvalue weighted by atomic mass is 16.3. The Labute approximate surface area is 117 Å². The number of hydrogen-bond acceptors (Lipinski definition) is 2. The summed E-state index contributed by atoms with van der Waals surface area (Å²) in [6.07, 6.45) is 10.5. The van der Waals surface area contributed by atoms with Gasteiger partial charge < -0.3 is 10.2 Å². The Kier molecular flexibility index (Phi) is 12.0. The van der Waals surface area contributed by atoms with Crippen molar-refractivity contribution in [1.82, 2.24) is 0 Å². The molecule has 0 bridgehead atoms. The van der Waals surface area contributed by atoms with Crippen LogP contribution in [0.15, 0.2) is 24.8 Å². The number of aliphatic hydroxyl groups excluding tert-OH is 2. The van der Waals surface area contributed by atoms with Gasteiger partial charge >= 0.3 is 0 Å². The van der Waals surface area contributed by atoms with E-state index >= 15 is 0 Å². The maximum absolute atomic E-state index is 9.50. The summed E-state index contributed by atoms with van der Waals surface area (Å²) in [5.41, 5.74) is 0. The molecule has 0 aromatic heterocycles. The zero-order valence-electron chi connectivity index (χ0n) is 11.7. The molecule has 0 aliphatic heterocycles. The van der Waals surface area contributed by atoms with Gasteiger partial charge in [0.25, 0.3) is 0 Å². The number of rotatable bonds is 8. The van der Waals surface area contributed by atoms with Crippen LogP contribution in [-0.2, 0) is 0 Å². The predicted molar refractivity (Wildman–Crippen MR) is 80.3 cm³/mol. The molecule has 0 heterocycles. The zero-order chi connectivity index (χ0) is 14.3. The van der Waals surface area contributed by atoms with Crippen molar-refractivity contribution in [2.75, 3.05) is 0 Å². The Morgan fingerprint density at radius 2 is 1.63 bits per heavy atom. The van der Waals surface area contributed by atoms with Crippen molar-refractivity contribution >= 4 is 0 Å². The number of hydrogen-bond donors (Lipinski definition) is 2. The van der Waals surface area contributed by atoms with Gasteiger partial charge in [-0.05, 0) is 30.8 Å². The molecule has 0 unspecified atom stereocenters. The average molecular weight is 260 g/mol. The summed E-state index contributed by atoms with van der Waals surface area (Å²) < 4.78 is 0. The summed E-state index contributed by atoms with van der Waals surface area (Å²) in [6.45, 7) is 5.59. The van der Waals surface area contributed by atoms with Crippen LogP contribution in [0, 0.1) is 23.7 Å². The molecular weight excluding hydrogens is 236 g/mol. The maximum atomic E-state index is 9.50. The summed E-state index contributed by atoms with van der Waals surface area (Å²) >= 11 is 0. The highest BCUT2D eigenvalue weighted by Gasteiger charge is 1.91. The van der Waals surface area contributed by atoms with Gasteiger partial charge in [-0.3, -0.25) is 0 Å². The van der Waals surface area contributed by atoms with Crippen LogP contribution in [0.1, 0.15) is 45.4 Å². The molecule has 19 heavy (non-hydrogen) atoms.